The van der Waals surface area contributed by atoms with Gasteiger partial charge in [0.15, 0.2) is 12.1 Å². The molecule has 3 aliphatic carbocycles. The van der Waals surface area contributed by atoms with Gasteiger partial charge < -0.3 is 19.3 Å². The van der Waals surface area contributed by atoms with E-state index in [4.69, 9.17) is 14.2 Å². The van der Waals surface area contributed by atoms with E-state index in [1.165, 1.54) is 0 Å². The SMILES string of the molecule is C=C1C(=O)[C@@]23C[C@@H]1C[C@H](O)[C@@H]2[C@]1(CCC[C@]2(C)CO[C@@H](OC)[C@@H]21)COC3=O. The molecule has 5 fully saturated rings. The normalized spacial score (nSPS) is 54.0. The molecule has 6 nitrogen and oxygen atoms in total. The number of hydrogen-bond donors (Lipinski definition) is 1. The van der Waals surface area contributed by atoms with Crippen LogP contribution in [0.1, 0.15) is 39.0 Å². The highest BCUT2D eigenvalue weighted by Crippen LogP contribution is 2.69. The maximum Gasteiger partial charge on any atom is 0.320 e. The second kappa shape index (κ2) is 5.43. The zero-order valence-electron chi connectivity index (χ0n) is 16.0. The van der Waals surface area contributed by atoms with E-state index in [-0.39, 0.29) is 29.6 Å². The lowest BCUT2D eigenvalue weighted by Gasteiger charge is -2.61. The number of fused-ring (bicyclic) bond motifs is 4. The Balaban J connectivity index is 1.70. The Bertz CT molecular complexity index is 732. The molecule has 2 aliphatic heterocycles. The number of methoxy groups -OCH3 is 1. The lowest BCUT2D eigenvalue weighted by Crippen LogP contribution is -2.67. The smallest absolute Gasteiger partial charge is 0.320 e. The van der Waals surface area contributed by atoms with Crippen molar-refractivity contribution in [3.8, 4) is 0 Å². The monoisotopic (exact) mass is 376 g/mol. The topological polar surface area (TPSA) is 82.1 Å². The first-order chi connectivity index (χ1) is 12.8. The van der Waals surface area contributed by atoms with E-state index in [9.17, 15) is 14.7 Å². The van der Waals surface area contributed by atoms with Crippen LogP contribution in [-0.4, -0.2) is 49.6 Å². The Kier molecular flexibility index (Phi) is 3.58. The van der Waals surface area contributed by atoms with E-state index in [1.807, 2.05) is 0 Å². The van der Waals surface area contributed by atoms with Crippen molar-refractivity contribution < 1.29 is 28.9 Å². The van der Waals surface area contributed by atoms with Crippen LogP contribution in [0.25, 0.3) is 0 Å². The number of ketones is 1. The van der Waals surface area contributed by atoms with Gasteiger partial charge in [0.25, 0.3) is 0 Å². The Morgan fingerprint density at radius 3 is 2.74 bits per heavy atom. The highest BCUT2D eigenvalue weighted by molar-refractivity contribution is 6.15. The van der Waals surface area contributed by atoms with Gasteiger partial charge in [-0.05, 0) is 42.6 Å². The van der Waals surface area contributed by atoms with E-state index in [2.05, 4.69) is 13.5 Å². The summed E-state index contributed by atoms with van der Waals surface area (Å²) >= 11 is 0. The minimum Gasteiger partial charge on any atom is -0.464 e. The number of Topliss-reactive ketones (excluding diaryl/α,β-unsaturated/α-hetero) is 1. The van der Waals surface area contributed by atoms with Crippen LogP contribution in [-0.2, 0) is 23.8 Å². The van der Waals surface area contributed by atoms with Crippen LogP contribution in [0.15, 0.2) is 12.2 Å². The third-order valence-electron chi connectivity index (χ3n) is 8.50. The number of rotatable bonds is 1. The second-order valence-electron chi connectivity index (χ2n) is 9.72. The molecule has 0 aromatic rings. The Labute approximate surface area is 159 Å². The van der Waals surface area contributed by atoms with Crippen molar-refractivity contribution in [3.05, 3.63) is 12.2 Å². The predicted octanol–water partition coefficient (Wildman–Crippen LogP) is 1.85. The first-order valence-corrected chi connectivity index (χ1v) is 10.0. The standard InChI is InChI=1S/C21H28O6/c1-11-12-7-13(22)14-20(10-27-18(24)21(14,8-12)16(11)23)6-4-5-19(2)9-26-17(25-3)15(19)20/h12-15,17,22H,1,4-10H2,2-3H3/t12-,13-,14+,15-,17+,19+,20-,21+/m0/s1. The fourth-order valence-electron chi connectivity index (χ4n) is 7.59. The van der Waals surface area contributed by atoms with Gasteiger partial charge in [-0.25, -0.2) is 0 Å². The third kappa shape index (κ3) is 1.92. The summed E-state index contributed by atoms with van der Waals surface area (Å²) in [5, 5.41) is 11.2. The van der Waals surface area contributed by atoms with E-state index >= 15 is 0 Å². The molecule has 0 aromatic heterocycles. The largest absolute Gasteiger partial charge is 0.464 e. The Hall–Kier alpha value is -1.24. The number of aliphatic hydroxyl groups excluding tert-OH is 1. The molecule has 1 N–H and O–H groups in total. The number of carbonyl (C=O) groups is 2. The van der Waals surface area contributed by atoms with Gasteiger partial charge in [0, 0.05) is 24.4 Å². The van der Waals surface area contributed by atoms with Crippen LogP contribution >= 0.6 is 0 Å². The minimum atomic E-state index is -1.28. The summed E-state index contributed by atoms with van der Waals surface area (Å²) in [5.41, 5.74) is -1.42. The van der Waals surface area contributed by atoms with Crippen LogP contribution in [0.4, 0.5) is 0 Å². The summed E-state index contributed by atoms with van der Waals surface area (Å²) in [6.07, 6.45) is 2.56. The van der Waals surface area contributed by atoms with Crippen molar-refractivity contribution in [2.45, 2.75) is 51.4 Å². The molecule has 0 unspecified atom stereocenters. The summed E-state index contributed by atoms with van der Waals surface area (Å²) in [7, 11) is 1.64. The predicted molar refractivity (Wildman–Crippen MR) is 94.4 cm³/mol. The Morgan fingerprint density at radius 1 is 1.22 bits per heavy atom. The molecule has 5 rings (SSSR count). The zero-order valence-corrected chi connectivity index (χ0v) is 16.0. The van der Waals surface area contributed by atoms with Gasteiger partial charge in [-0.15, -0.1) is 0 Å². The van der Waals surface area contributed by atoms with Crippen molar-refractivity contribution in [2.75, 3.05) is 20.3 Å². The molecule has 0 radical (unpaired) electrons. The molecule has 8 atom stereocenters. The lowest BCUT2D eigenvalue weighted by molar-refractivity contribution is -0.244. The lowest BCUT2D eigenvalue weighted by atomic mass is 9.44. The van der Waals surface area contributed by atoms with Crippen molar-refractivity contribution in [3.63, 3.8) is 0 Å². The van der Waals surface area contributed by atoms with E-state index in [1.54, 1.807) is 7.11 Å². The molecule has 0 amide bonds. The van der Waals surface area contributed by atoms with Gasteiger partial charge in [-0.2, -0.15) is 0 Å². The molecule has 148 valence electrons. The van der Waals surface area contributed by atoms with E-state index in [0.717, 1.165) is 19.3 Å². The molecule has 6 heteroatoms. The maximum absolute atomic E-state index is 13.3. The van der Waals surface area contributed by atoms with Crippen molar-refractivity contribution in [1.82, 2.24) is 0 Å². The van der Waals surface area contributed by atoms with E-state index < -0.39 is 35.1 Å². The van der Waals surface area contributed by atoms with Crippen molar-refractivity contribution in [1.29, 1.82) is 0 Å². The van der Waals surface area contributed by atoms with Gasteiger partial charge in [-0.3, -0.25) is 9.59 Å². The molecule has 27 heavy (non-hydrogen) atoms. The second-order valence-corrected chi connectivity index (χ2v) is 9.72. The van der Waals surface area contributed by atoms with Crippen LogP contribution in [0.3, 0.4) is 0 Å². The number of carbonyl (C=O) groups excluding carboxylic acids is 2. The van der Waals surface area contributed by atoms with Gasteiger partial charge in [0.2, 0.25) is 0 Å². The molecule has 5 aliphatic rings. The first kappa shape index (κ1) is 17.8. The molecule has 2 spiro atoms. The minimum absolute atomic E-state index is 0.0217. The average Bonchev–Trinajstić information content (AvgIpc) is 3.09. The molecule has 2 bridgehead atoms. The van der Waals surface area contributed by atoms with Crippen LogP contribution in [0.5, 0.6) is 0 Å². The molecular weight excluding hydrogens is 348 g/mol. The summed E-state index contributed by atoms with van der Waals surface area (Å²) < 4.78 is 17.4. The number of cyclic esters (lactones) is 1. The molecule has 3 saturated carbocycles. The van der Waals surface area contributed by atoms with Gasteiger partial charge >= 0.3 is 5.97 Å². The molecule has 0 aromatic carbocycles. The van der Waals surface area contributed by atoms with Gasteiger partial charge in [0.1, 0.15) is 5.41 Å². The van der Waals surface area contributed by atoms with Crippen molar-refractivity contribution >= 4 is 11.8 Å². The molecule has 2 heterocycles. The van der Waals surface area contributed by atoms with Gasteiger partial charge in [-0.1, -0.05) is 19.9 Å². The van der Waals surface area contributed by atoms with E-state index in [0.29, 0.717) is 25.0 Å². The average molecular weight is 376 g/mol. The zero-order chi connectivity index (χ0) is 19.2. The number of aliphatic hydroxyl groups is 1. The van der Waals surface area contributed by atoms with Crippen LogP contribution < -0.4 is 0 Å². The number of hydrogen-bond acceptors (Lipinski definition) is 6. The molecular formula is C21H28O6. The Morgan fingerprint density at radius 2 is 2.00 bits per heavy atom. The summed E-state index contributed by atoms with van der Waals surface area (Å²) in [5.74, 6) is -1.28. The molecule has 2 saturated heterocycles. The maximum atomic E-state index is 13.3. The van der Waals surface area contributed by atoms with Crippen LogP contribution in [0.2, 0.25) is 0 Å². The first-order valence-electron chi connectivity index (χ1n) is 10.0. The highest BCUT2D eigenvalue weighted by atomic mass is 16.7. The summed E-state index contributed by atoms with van der Waals surface area (Å²) in [4.78, 5) is 26.3. The number of ether oxygens (including phenoxy) is 3. The number of allylic oxidation sites excluding steroid dienone is 1. The summed E-state index contributed by atoms with van der Waals surface area (Å²) in [6.45, 7) is 6.98. The fourth-order valence-corrected chi connectivity index (χ4v) is 7.59. The highest BCUT2D eigenvalue weighted by Gasteiger charge is 2.76. The third-order valence-corrected chi connectivity index (χ3v) is 8.50. The summed E-state index contributed by atoms with van der Waals surface area (Å²) in [6, 6.07) is 0. The number of esters is 1. The quantitative estimate of drug-likeness (QED) is 0.427. The fraction of sp³-hybridized carbons (Fsp3) is 0.810. The van der Waals surface area contributed by atoms with Gasteiger partial charge in [0.05, 0.1) is 19.3 Å². The van der Waals surface area contributed by atoms with Crippen LogP contribution in [0, 0.1) is 34.0 Å². The van der Waals surface area contributed by atoms with Crippen molar-refractivity contribution in [2.24, 2.45) is 34.0 Å².